The summed E-state index contributed by atoms with van der Waals surface area (Å²) in [5.41, 5.74) is 3.17. The fraction of sp³-hybridized carbons (Fsp3) is 0.125. The summed E-state index contributed by atoms with van der Waals surface area (Å²) in [5.74, 6) is -0.283. The number of para-hydroxylation sites is 1. The summed E-state index contributed by atoms with van der Waals surface area (Å²) < 4.78 is 0. The summed E-state index contributed by atoms with van der Waals surface area (Å²) in [7, 11) is 0. The number of allylic oxidation sites excluding steroid dienone is 4. The fourth-order valence-electron chi connectivity index (χ4n) is 1.55. The van der Waals surface area contributed by atoms with Crippen LogP contribution in [0.3, 0.4) is 0 Å². The third-order valence-corrected chi connectivity index (χ3v) is 2.94. The largest absolute Gasteiger partial charge is 0.356 e. The molecule has 0 unspecified atom stereocenters. The van der Waals surface area contributed by atoms with Gasteiger partial charge in [0.1, 0.15) is 0 Å². The molecule has 0 fully saturated rings. The van der Waals surface area contributed by atoms with E-state index in [0.717, 1.165) is 5.70 Å². The smallest absolute Gasteiger partial charge is 0.257 e. The van der Waals surface area contributed by atoms with E-state index < -0.39 is 0 Å². The van der Waals surface area contributed by atoms with E-state index in [9.17, 15) is 4.79 Å². The van der Waals surface area contributed by atoms with Gasteiger partial charge in [-0.3, -0.25) is 4.79 Å². The minimum Gasteiger partial charge on any atom is -0.356 e. The van der Waals surface area contributed by atoms with Crippen molar-refractivity contribution in [2.75, 3.05) is 5.32 Å². The highest BCUT2D eigenvalue weighted by molar-refractivity contribution is 7.78. The van der Waals surface area contributed by atoms with Crippen LogP contribution >= 0.6 is 23.8 Å². The molecule has 0 radical (unpaired) electrons. The van der Waals surface area contributed by atoms with Crippen molar-refractivity contribution in [3.63, 3.8) is 0 Å². The van der Waals surface area contributed by atoms with Crippen molar-refractivity contribution in [1.29, 1.82) is 0 Å². The normalized spacial score (nSPS) is 12.8. The SMILES string of the molecule is C\C=C/C(Cl)=C(\C=C(/C)NC=S)C(=O)Nc1ccccc1. The maximum atomic E-state index is 12.4. The predicted octanol–water partition coefficient (Wildman–Crippen LogP) is 4.14. The van der Waals surface area contributed by atoms with Crippen LogP contribution in [-0.2, 0) is 4.79 Å². The van der Waals surface area contributed by atoms with Gasteiger partial charge < -0.3 is 10.6 Å². The van der Waals surface area contributed by atoms with Crippen LogP contribution in [0.2, 0.25) is 0 Å². The summed E-state index contributed by atoms with van der Waals surface area (Å²) in [5, 5.41) is 6.01. The first-order valence-electron chi connectivity index (χ1n) is 6.35. The molecule has 0 aliphatic carbocycles. The Morgan fingerprint density at radius 1 is 1.29 bits per heavy atom. The minimum atomic E-state index is -0.283. The molecule has 0 aromatic heterocycles. The van der Waals surface area contributed by atoms with Crippen LogP contribution in [0.5, 0.6) is 0 Å². The third-order valence-electron chi connectivity index (χ3n) is 2.49. The van der Waals surface area contributed by atoms with E-state index in [1.165, 1.54) is 5.49 Å². The Balaban J connectivity index is 3.07. The lowest BCUT2D eigenvalue weighted by molar-refractivity contribution is -0.112. The van der Waals surface area contributed by atoms with Gasteiger partial charge in [-0.25, -0.2) is 0 Å². The van der Waals surface area contributed by atoms with Crippen molar-refractivity contribution < 1.29 is 4.79 Å². The Morgan fingerprint density at radius 2 is 1.95 bits per heavy atom. The number of anilines is 1. The van der Waals surface area contributed by atoms with Gasteiger partial charge in [-0.2, -0.15) is 0 Å². The molecule has 0 aliphatic rings. The molecule has 2 N–H and O–H groups in total. The Labute approximate surface area is 135 Å². The van der Waals surface area contributed by atoms with E-state index in [1.807, 2.05) is 37.3 Å². The van der Waals surface area contributed by atoms with Gasteiger partial charge in [0, 0.05) is 11.4 Å². The van der Waals surface area contributed by atoms with E-state index in [2.05, 4.69) is 10.6 Å². The second kappa shape index (κ2) is 9.10. The molecule has 21 heavy (non-hydrogen) atoms. The summed E-state index contributed by atoms with van der Waals surface area (Å²) in [6.07, 6.45) is 5.10. The van der Waals surface area contributed by atoms with Crippen LogP contribution in [0.1, 0.15) is 13.8 Å². The lowest BCUT2D eigenvalue weighted by atomic mass is 10.1. The zero-order valence-corrected chi connectivity index (χ0v) is 13.5. The third kappa shape index (κ3) is 5.94. The van der Waals surface area contributed by atoms with Crippen LogP contribution in [0.15, 0.2) is 64.9 Å². The average Bonchev–Trinajstić information content (AvgIpc) is 2.46. The fourth-order valence-corrected chi connectivity index (χ4v) is 2.00. The zero-order chi connectivity index (χ0) is 15.7. The number of rotatable bonds is 6. The van der Waals surface area contributed by atoms with Gasteiger partial charge in [0.15, 0.2) is 0 Å². The molecule has 0 spiro atoms. The van der Waals surface area contributed by atoms with E-state index in [1.54, 1.807) is 25.2 Å². The Morgan fingerprint density at radius 3 is 2.52 bits per heavy atom. The van der Waals surface area contributed by atoms with Crippen molar-refractivity contribution in [2.45, 2.75) is 13.8 Å². The predicted molar refractivity (Wildman–Crippen MR) is 93.3 cm³/mol. The standard InChI is InChI=1S/C16H17ClN2OS/c1-3-7-15(17)14(10-12(2)18-11-21)16(20)19-13-8-5-4-6-9-13/h3-11H,1-2H3,(H,18,21)(H,19,20)/b7-3-,12-10+,15-14-. The molecule has 0 heterocycles. The van der Waals surface area contributed by atoms with Crippen LogP contribution in [0.25, 0.3) is 0 Å². The van der Waals surface area contributed by atoms with Crippen molar-refractivity contribution in [3.05, 3.63) is 64.9 Å². The molecule has 3 nitrogen and oxygen atoms in total. The van der Waals surface area contributed by atoms with Gasteiger partial charge in [0.25, 0.3) is 5.91 Å². The Bertz CT molecular complexity index is 592. The average molecular weight is 321 g/mol. The van der Waals surface area contributed by atoms with Gasteiger partial charge >= 0.3 is 0 Å². The molecule has 0 saturated heterocycles. The van der Waals surface area contributed by atoms with Crippen LogP contribution < -0.4 is 10.6 Å². The number of carbonyl (C=O) groups excluding carboxylic acids is 1. The van der Waals surface area contributed by atoms with E-state index in [4.69, 9.17) is 23.8 Å². The molecular weight excluding hydrogens is 304 g/mol. The summed E-state index contributed by atoms with van der Waals surface area (Å²) >= 11 is 10.9. The summed E-state index contributed by atoms with van der Waals surface area (Å²) in [6.45, 7) is 3.64. The number of hydrogen-bond acceptors (Lipinski definition) is 2. The monoisotopic (exact) mass is 320 g/mol. The Kier molecular flexibility index (Phi) is 7.43. The highest BCUT2D eigenvalue weighted by atomic mass is 35.5. The minimum absolute atomic E-state index is 0.283. The second-order valence-corrected chi connectivity index (χ2v) is 4.81. The van der Waals surface area contributed by atoms with Crippen LogP contribution in [0.4, 0.5) is 5.69 Å². The highest BCUT2D eigenvalue weighted by Crippen LogP contribution is 2.17. The van der Waals surface area contributed by atoms with Crippen LogP contribution in [-0.4, -0.2) is 11.4 Å². The molecule has 0 saturated carbocycles. The van der Waals surface area contributed by atoms with Gasteiger partial charge in [-0.15, -0.1) is 0 Å². The van der Waals surface area contributed by atoms with Crippen molar-refractivity contribution in [3.8, 4) is 0 Å². The van der Waals surface area contributed by atoms with Crippen molar-refractivity contribution >= 4 is 40.9 Å². The first-order chi connectivity index (χ1) is 10.1. The van der Waals surface area contributed by atoms with Gasteiger partial charge in [0.2, 0.25) is 0 Å². The van der Waals surface area contributed by atoms with Gasteiger partial charge in [-0.1, -0.05) is 48.1 Å². The number of thiocarbonyl (C=S) groups is 1. The van der Waals surface area contributed by atoms with Crippen molar-refractivity contribution in [2.24, 2.45) is 0 Å². The number of benzene rings is 1. The highest BCUT2D eigenvalue weighted by Gasteiger charge is 2.11. The lowest BCUT2D eigenvalue weighted by Crippen LogP contribution is -2.16. The topological polar surface area (TPSA) is 41.1 Å². The first kappa shape index (κ1) is 17.1. The Hall–Kier alpha value is -1.91. The molecular formula is C16H17ClN2OS. The maximum absolute atomic E-state index is 12.4. The van der Waals surface area contributed by atoms with Crippen LogP contribution in [0, 0.1) is 0 Å². The van der Waals surface area contributed by atoms with E-state index >= 15 is 0 Å². The second-order valence-electron chi connectivity index (χ2n) is 4.17. The molecule has 0 aliphatic heterocycles. The van der Waals surface area contributed by atoms with Crippen molar-refractivity contribution in [1.82, 2.24) is 5.32 Å². The number of carbonyl (C=O) groups is 1. The number of nitrogens with one attached hydrogen (secondary N) is 2. The molecule has 1 amide bonds. The number of amides is 1. The molecule has 1 aromatic carbocycles. The summed E-state index contributed by atoms with van der Waals surface area (Å²) in [4.78, 5) is 12.4. The quantitative estimate of drug-likeness (QED) is 0.470. The summed E-state index contributed by atoms with van der Waals surface area (Å²) in [6, 6.07) is 9.20. The zero-order valence-electron chi connectivity index (χ0n) is 11.9. The maximum Gasteiger partial charge on any atom is 0.257 e. The van der Waals surface area contributed by atoms with Gasteiger partial charge in [-0.05, 0) is 38.1 Å². The molecule has 0 atom stereocenters. The van der Waals surface area contributed by atoms with E-state index in [-0.39, 0.29) is 5.91 Å². The molecule has 5 heteroatoms. The first-order valence-corrected chi connectivity index (χ1v) is 7.20. The van der Waals surface area contributed by atoms with Gasteiger partial charge in [0.05, 0.1) is 16.1 Å². The number of hydrogen-bond donors (Lipinski definition) is 2. The molecule has 1 aromatic rings. The lowest BCUT2D eigenvalue weighted by Gasteiger charge is -2.08. The molecule has 110 valence electrons. The number of halogens is 1. The molecule has 0 bridgehead atoms. The molecule has 1 rings (SSSR count). The van der Waals surface area contributed by atoms with E-state index in [0.29, 0.717) is 16.3 Å².